The van der Waals surface area contributed by atoms with Gasteiger partial charge in [0.25, 0.3) is 0 Å². The van der Waals surface area contributed by atoms with Gasteiger partial charge in [-0.15, -0.1) is 10.2 Å². The zero-order valence-electron chi connectivity index (χ0n) is 11.6. The third kappa shape index (κ3) is 4.04. The van der Waals surface area contributed by atoms with Gasteiger partial charge in [-0.1, -0.05) is 19.1 Å². The Kier molecular flexibility index (Phi) is 4.95. The molecule has 0 saturated heterocycles. The molecule has 0 aliphatic heterocycles. The number of rotatable bonds is 6. The molecule has 2 rings (SSSR count). The third-order valence-electron chi connectivity index (χ3n) is 2.87. The highest BCUT2D eigenvalue weighted by atomic mass is 19.4. The van der Waals surface area contributed by atoms with Crippen LogP contribution in [0.2, 0.25) is 0 Å². The van der Waals surface area contributed by atoms with Crippen molar-refractivity contribution in [2.75, 3.05) is 13.1 Å². The van der Waals surface area contributed by atoms with E-state index in [4.69, 9.17) is 4.42 Å². The van der Waals surface area contributed by atoms with E-state index in [9.17, 15) is 13.2 Å². The molecule has 21 heavy (non-hydrogen) atoms. The van der Waals surface area contributed by atoms with Crippen LogP contribution in [0.15, 0.2) is 28.7 Å². The van der Waals surface area contributed by atoms with Crippen molar-refractivity contribution in [2.45, 2.75) is 25.9 Å². The van der Waals surface area contributed by atoms with Gasteiger partial charge in [-0.2, -0.15) is 13.2 Å². The number of nitrogens with one attached hydrogen (secondary N) is 1. The Morgan fingerprint density at radius 1 is 1.14 bits per heavy atom. The SMILES string of the molecule is CCCNCCc1nnc(-c2ccccc2C(F)(F)F)o1. The Hall–Kier alpha value is -1.89. The summed E-state index contributed by atoms with van der Waals surface area (Å²) in [6.07, 6.45) is -2.96. The van der Waals surface area contributed by atoms with E-state index in [2.05, 4.69) is 15.5 Å². The molecule has 0 atom stereocenters. The largest absolute Gasteiger partial charge is 0.421 e. The van der Waals surface area contributed by atoms with Crippen LogP contribution in [0, 0.1) is 0 Å². The number of hydrogen-bond donors (Lipinski definition) is 1. The van der Waals surface area contributed by atoms with E-state index in [0.717, 1.165) is 19.0 Å². The Morgan fingerprint density at radius 3 is 2.62 bits per heavy atom. The minimum Gasteiger partial charge on any atom is -0.421 e. The van der Waals surface area contributed by atoms with Crippen molar-refractivity contribution in [1.29, 1.82) is 0 Å². The number of aromatic nitrogens is 2. The van der Waals surface area contributed by atoms with Crippen molar-refractivity contribution in [3.05, 3.63) is 35.7 Å². The zero-order valence-corrected chi connectivity index (χ0v) is 11.6. The molecule has 114 valence electrons. The fourth-order valence-corrected chi connectivity index (χ4v) is 1.88. The smallest absolute Gasteiger partial charge is 0.417 e. The molecule has 0 bridgehead atoms. The van der Waals surface area contributed by atoms with Gasteiger partial charge >= 0.3 is 6.18 Å². The predicted octanol–water partition coefficient (Wildman–Crippen LogP) is 3.30. The van der Waals surface area contributed by atoms with Crippen LogP contribution in [-0.4, -0.2) is 23.3 Å². The van der Waals surface area contributed by atoms with Crippen LogP contribution in [0.5, 0.6) is 0 Å². The van der Waals surface area contributed by atoms with Crippen LogP contribution in [0.3, 0.4) is 0 Å². The molecule has 0 fully saturated rings. The van der Waals surface area contributed by atoms with Gasteiger partial charge in [0, 0.05) is 13.0 Å². The first-order chi connectivity index (χ1) is 10.0. The maximum Gasteiger partial charge on any atom is 0.417 e. The lowest BCUT2D eigenvalue weighted by Crippen LogP contribution is -2.17. The van der Waals surface area contributed by atoms with E-state index < -0.39 is 11.7 Å². The molecule has 1 N–H and O–H groups in total. The van der Waals surface area contributed by atoms with Crippen LogP contribution in [0.1, 0.15) is 24.8 Å². The second-order valence-corrected chi connectivity index (χ2v) is 4.54. The van der Waals surface area contributed by atoms with Gasteiger partial charge in [0.1, 0.15) is 0 Å². The molecule has 0 spiro atoms. The van der Waals surface area contributed by atoms with Crippen molar-refractivity contribution in [3.63, 3.8) is 0 Å². The second-order valence-electron chi connectivity index (χ2n) is 4.54. The normalized spacial score (nSPS) is 11.8. The summed E-state index contributed by atoms with van der Waals surface area (Å²) < 4.78 is 44.1. The topological polar surface area (TPSA) is 51.0 Å². The van der Waals surface area contributed by atoms with E-state index >= 15 is 0 Å². The quantitative estimate of drug-likeness (QED) is 0.832. The van der Waals surface area contributed by atoms with E-state index in [1.54, 1.807) is 0 Å². The molecule has 0 radical (unpaired) electrons. The summed E-state index contributed by atoms with van der Waals surface area (Å²) in [5, 5.41) is 10.7. The van der Waals surface area contributed by atoms with Crippen molar-refractivity contribution in [1.82, 2.24) is 15.5 Å². The van der Waals surface area contributed by atoms with Gasteiger partial charge < -0.3 is 9.73 Å². The van der Waals surface area contributed by atoms with Gasteiger partial charge in [-0.25, -0.2) is 0 Å². The monoisotopic (exact) mass is 299 g/mol. The Morgan fingerprint density at radius 2 is 1.90 bits per heavy atom. The molecule has 0 unspecified atom stereocenters. The lowest BCUT2D eigenvalue weighted by atomic mass is 10.1. The Labute approximate surface area is 120 Å². The summed E-state index contributed by atoms with van der Waals surface area (Å²) >= 11 is 0. The molecule has 0 saturated carbocycles. The Bertz CT molecular complexity index is 581. The first-order valence-electron chi connectivity index (χ1n) is 6.72. The highest BCUT2D eigenvalue weighted by Gasteiger charge is 2.34. The summed E-state index contributed by atoms with van der Waals surface area (Å²) in [4.78, 5) is 0. The van der Waals surface area contributed by atoms with Crippen LogP contribution in [0.25, 0.3) is 11.5 Å². The number of hydrogen-bond acceptors (Lipinski definition) is 4. The molecule has 1 heterocycles. The molecular formula is C14H16F3N3O. The van der Waals surface area contributed by atoms with E-state index in [1.165, 1.54) is 18.2 Å². The van der Waals surface area contributed by atoms with E-state index in [0.29, 0.717) is 18.9 Å². The standard InChI is InChI=1S/C14H16F3N3O/c1-2-8-18-9-7-12-19-20-13(21-12)10-5-3-4-6-11(10)14(15,16)17/h3-6,18H,2,7-9H2,1H3. The highest BCUT2D eigenvalue weighted by molar-refractivity contribution is 5.59. The van der Waals surface area contributed by atoms with Crippen molar-refractivity contribution in [2.24, 2.45) is 0 Å². The van der Waals surface area contributed by atoms with E-state index in [-0.39, 0.29) is 11.5 Å². The number of alkyl halides is 3. The maximum absolute atomic E-state index is 12.9. The number of nitrogens with zero attached hydrogens (tertiary/aromatic N) is 2. The van der Waals surface area contributed by atoms with Gasteiger partial charge in [0.2, 0.25) is 11.8 Å². The number of halogens is 3. The van der Waals surface area contributed by atoms with E-state index in [1.807, 2.05) is 6.92 Å². The predicted molar refractivity (Wildman–Crippen MR) is 71.6 cm³/mol. The maximum atomic E-state index is 12.9. The molecule has 1 aromatic heterocycles. The average molecular weight is 299 g/mol. The molecule has 1 aromatic carbocycles. The lowest BCUT2D eigenvalue weighted by Gasteiger charge is -2.09. The molecule has 7 heteroatoms. The van der Waals surface area contributed by atoms with Crippen LogP contribution < -0.4 is 5.32 Å². The molecule has 0 aliphatic rings. The third-order valence-corrected chi connectivity index (χ3v) is 2.87. The Balaban J connectivity index is 2.15. The summed E-state index contributed by atoms with van der Waals surface area (Å²) in [7, 11) is 0. The number of benzene rings is 1. The van der Waals surface area contributed by atoms with Crippen LogP contribution in [0.4, 0.5) is 13.2 Å². The minimum atomic E-state index is -4.45. The van der Waals surface area contributed by atoms with Crippen molar-refractivity contribution < 1.29 is 17.6 Å². The fourth-order valence-electron chi connectivity index (χ4n) is 1.88. The van der Waals surface area contributed by atoms with Crippen LogP contribution in [-0.2, 0) is 12.6 Å². The first kappa shape index (κ1) is 15.5. The highest BCUT2D eigenvalue weighted by Crippen LogP contribution is 2.36. The second kappa shape index (κ2) is 6.71. The van der Waals surface area contributed by atoms with Crippen molar-refractivity contribution >= 4 is 0 Å². The fraction of sp³-hybridized carbons (Fsp3) is 0.429. The van der Waals surface area contributed by atoms with Gasteiger partial charge in [-0.3, -0.25) is 0 Å². The van der Waals surface area contributed by atoms with Gasteiger partial charge in [0.15, 0.2) is 0 Å². The lowest BCUT2D eigenvalue weighted by molar-refractivity contribution is -0.137. The van der Waals surface area contributed by atoms with Crippen molar-refractivity contribution in [3.8, 4) is 11.5 Å². The first-order valence-corrected chi connectivity index (χ1v) is 6.72. The zero-order chi connectivity index (χ0) is 15.3. The molecule has 0 amide bonds. The average Bonchev–Trinajstić information content (AvgIpc) is 2.91. The molecule has 2 aromatic rings. The van der Waals surface area contributed by atoms with Gasteiger partial charge in [-0.05, 0) is 25.1 Å². The molecule has 4 nitrogen and oxygen atoms in total. The van der Waals surface area contributed by atoms with Crippen LogP contribution >= 0.6 is 0 Å². The molecular weight excluding hydrogens is 283 g/mol. The summed E-state index contributed by atoms with van der Waals surface area (Å²) in [5.41, 5.74) is -0.866. The minimum absolute atomic E-state index is 0.0923. The summed E-state index contributed by atoms with van der Waals surface area (Å²) in [6.45, 7) is 3.57. The van der Waals surface area contributed by atoms with Gasteiger partial charge in [0.05, 0.1) is 11.1 Å². The summed E-state index contributed by atoms with van der Waals surface area (Å²) in [6, 6.07) is 5.17. The summed E-state index contributed by atoms with van der Waals surface area (Å²) in [5.74, 6) is 0.221. The molecule has 0 aliphatic carbocycles.